The second-order valence-corrected chi connectivity index (χ2v) is 7.29. The Labute approximate surface area is 135 Å². The van der Waals surface area contributed by atoms with E-state index in [0.717, 1.165) is 25.3 Å². The predicted molar refractivity (Wildman–Crippen MR) is 94.7 cm³/mol. The van der Waals surface area contributed by atoms with Gasteiger partial charge in [-0.15, -0.1) is 11.3 Å². The van der Waals surface area contributed by atoms with Crippen LogP contribution < -0.4 is 10.6 Å². The molecule has 2 aromatic rings. The van der Waals surface area contributed by atoms with Crippen LogP contribution in [0.2, 0.25) is 0 Å². The highest BCUT2D eigenvalue weighted by molar-refractivity contribution is 7.11. The highest BCUT2D eigenvalue weighted by atomic mass is 32.1. The van der Waals surface area contributed by atoms with Crippen LogP contribution in [0.1, 0.15) is 22.2 Å². The summed E-state index contributed by atoms with van der Waals surface area (Å²) in [4.78, 5) is 7.08. The first kappa shape index (κ1) is 16.0. The van der Waals surface area contributed by atoms with Crippen LogP contribution >= 0.6 is 22.7 Å². The van der Waals surface area contributed by atoms with Crippen molar-refractivity contribution >= 4 is 28.6 Å². The summed E-state index contributed by atoms with van der Waals surface area (Å²) in [6, 6.07) is 6.94. The number of hydrogen-bond donors (Lipinski definition) is 2. The van der Waals surface area contributed by atoms with Gasteiger partial charge < -0.3 is 10.6 Å². The van der Waals surface area contributed by atoms with Crippen LogP contribution in [0.15, 0.2) is 34.0 Å². The molecule has 0 amide bonds. The van der Waals surface area contributed by atoms with Crippen LogP contribution in [0.5, 0.6) is 0 Å². The Morgan fingerprint density at radius 3 is 2.81 bits per heavy atom. The smallest absolute Gasteiger partial charge is 0.191 e. The van der Waals surface area contributed by atoms with Crippen LogP contribution in [-0.4, -0.2) is 25.6 Å². The zero-order chi connectivity index (χ0) is 15.1. The van der Waals surface area contributed by atoms with Gasteiger partial charge >= 0.3 is 0 Å². The molecule has 1 atom stereocenters. The Morgan fingerprint density at radius 2 is 2.19 bits per heavy atom. The van der Waals surface area contributed by atoms with Crippen molar-refractivity contribution in [1.82, 2.24) is 10.6 Å². The third-order valence-electron chi connectivity index (χ3n) is 3.20. The number of guanidine groups is 1. The van der Waals surface area contributed by atoms with E-state index >= 15 is 0 Å². The summed E-state index contributed by atoms with van der Waals surface area (Å²) >= 11 is 3.61. The first-order valence-electron chi connectivity index (χ1n) is 7.21. The van der Waals surface area contributed by atoms with Crippen LogP contribution in [0, 0.1) is 6.92 Å². The highest BCUT2D eigenvalue weighted by Crippen LogP contribution is 2.16. The van der Waals surface area contributed by atoms with Crippen molar-refractivity contribution in [3.8, 4) is 0 Å². The molecule has 2 rings (SSSR count). The quantitative estimate of drug-likeness (QED) is 0.631. The first-order valence-corrected chi connectivity index (χ1v) is 8.97. The number of nitrogens with one attached hydrogen (secondary N) is 2. The molecule has 0 aliphatic heterocycles. The van der Waals surface area contributed by atoms with Gasteiger partial charge in [0.25, 0.3) is 0 Å². The largest absolute Gasteiger partial charge is 0.356 e. The Hall–Kier alpha value is -1.33. The summed E-state index contributed by atoms with van der Waals surface area (Å²) in [5.41, 5.74) is 1.38. The van der Waals surface area contributed by atoms with Crippen molar-refractivity contribution < 1.29 is 0 Å². The van der Waals surface area contributed by atoms with E-state index in [1.165, 1.54) is 15.3 Å². The second-order valence-electron chi connectivity index (χ2n) is 5.14. The fourth-order valence-corrected chi connectivity index (χ4v) is 3.86. The molecule has 3 nitrogen and oxygen atoms in total. The lowest BCUT2D eigenvalue weighted by atomic mass is 10.2. The lowest BCUT2D eigenvalue weighted by Crippen LogP contribution is -2.43. The van der Waals surface area contributed by atoms with Crippen LogP contribution in [0.25, 0.3) is 0 Å². The number of aryl methyl sites for hydroxylation is 1. The van der Waals surface area contributed by atoms with E-state index in [4.69, 9.17) is 0 Å². The van der Waals surface area contributed by atoms with Crippen molar-refractivity contribution in [3.63, 3.8) is 0 Å². The van der Waals surface area contributed by atoms with Crippen LogP contribution in [0.4, 0.5) is 0 Å². The molecule has 2 heterocycles. The van der Waals surface area contributed by atoms with Crippen molar-refractivity contribution in [2.24, 2.45) is 4.99 Å². The van der Waals surface area contributed by atoms with Crippen molar-refractivity contribution in [2.75, 3.05) is 13.6 Å². The van der Waals surface area contributed by atoms with E-state index in [0.29, 0.717) is 6.04 Å². The van der Waals surface area contributed by atoms with E-state index in [2.05, 4.69) is 58.4 Å². The molecule has 0 aliphatic carbocycles. The SMILES string of the molecule is CN=C(NCCc1ccsc1)NC(C)Cc1ccc(C)s1. The van der Waals surface area contributed by atoms with E-state index in [1.54, 1.807) is 11.3 Å². The number of thiophene rings is 2. The van der Waals surface area contributed by atoms with Crippen molar-refractivity contribution in [3.05, 3.63) is 44.3 Å². The molecule has 114 valence electrons. The molecule has 0 aromatic carbocycles. The fraction of sp³-hybridized carbons (Fsp3) is 0.438. The molecule has 0 spiro atoms. The van der Waals surface area contributed by atoms with Gasteiger partial charge in [0.2, 0.25) is 0 Å². The van der Waals surface area contributed by atoms with E-state index in [-0.39, 0.29) is 0 Å². The van der Waals surface area contributed by atoms with Gasteiger partial charge in [-0.2, -0.15) is 11.3 Å². The summed E-state index contributed by atoms with van der Waals surface area (Å²) in [5.74, 6) is 0.881. The van der Waals surface area contributed by atoms with Gasteiger partial charge in [0.1, 0.15) is 0 Å². The molecule has 2 N–H and O–H groups in total. The van der Waals surface area contributed by atoms with E-state index in [1.807, 2.05) is 18.4 Å². The molecule has 1 unspecified atom stereocenters. The Balaban J connectivity index is 1.73. The molecule has 2 aromatic heterocycles. The van der Waals surface area contributed by atoms with Gasteiger partial charge in [-0.3, -0.25) is 4.99 Å². The fourth-order valence-electron chi connectivity index (χ4n) is 2.14. The highest BCUT2D eigenvalue weighted by Gasteiger charge is 2.07. The molecule has 0 saturated carbocycles. The van der Waals surface area contributed by atoms with Gasteiger partial charge in [-0.25, -0.2) is 0 Å². The third kappa shape index (κ3) is 5.52. The molecule has 0 bridgehead atoms. The molecule has 0 radical (unpaired) electrons. The van der Waals surface area contributed by atoms with E-state index < -0.39 is 0 Å². The van der Waals surface area contributed by atoms with Gasteiger partial charge in [-0.1, -0.05) is 0 Å². The summed E-state index contributed by atoms with van der Waals surface area (Å²) in [6.07, 6.45) is 2.06. The molecule has 21 heavy (non-hydrogen) atoms. The Bertz CT molecular complexity index is 558. The molecular weight excluding hydrogens is 298 g/mol. The molecule has 0 aliphatic rings. The van der Waals surface area contributed by atoms with Gasteiger partial charge in [0.05, 0.1) is 0 Å². The first-order chi connectivity index (χ1) is 10.2. The molecule has 5 heteroatoms. The number of nitrogens with zero attached hydrogens (tertiary/aromatic N) is 1. The topological polar surface area (TPSA) is 36.4 Å². The summed E-state index contributed by atoms with van der Waals surface area (Å²) < 4.78 is 0. The normalized spacial score (nSPS) is 13.2. The molecule has 0 saturated heterocycles. The average molecular weight is 322 g/mol. The second kappa shape index (κ2) is 8.20. The van der Waals surface area contributed by atoms with Crippen molar-refractivity contribution in [2.45, 2.75) is 32.7 Å². The Kier molecular flexibility index (Phi) is 6.26. The van der Waals surface area contributed by atoms with Crippen LogP contribution in [-0.2, 0) is 12.8 Å². The Morgan fingerprint density at radius 1 is 1.33 bits per heavy atom. The predicted octanol–water partition coefficient (Wildman–Crippen LogP) is 3.46. The van der Waals surface area contributed by atoms with Gasteiger partial charge in [0.15, 0.2) is 5.96 Å². The maximum absolute atomic E-state index is 4.29. The number of aliphatic imine (C=N–C) groups is 1. The van der Waals surface area contributed by atoms with Gasteiger partial charge in [-0.05, 0) is 54.8 Å². The lowest BCUT2D eigenvalue weighted by Gasteiger charge is -2.17. The number of hydrogen-bond acceptors (Lipinski definition) is 3. The van der Waals surface area contributed by atoms with Crippen LogP contribution in [0.3, 0.4) is 0 Å². The minimum Gasteiger partial charge on any atom is -0.356 e. The summed E-state index contributed by atoms with van der Waals surface area (Å²) in [7, 11) is 1.82. The lowest BCUT2D eigenvalue weighted by molar-refractivity contribution is 0.645. The zero-order valence-electron chi connectivity index (χ0n) is 12.8. The van der Waals surface area contributed by atoms with Gasteiger partial charge in [0, 0.05) is 35.8 Å². The standard InChI is InChI=1S/C16H23N3S2/c1-12(10-15-5-4-13(2)21-15)19-16(17-3)18-8-6-14-7-9-20-11-14/h4-5,7,9,11-12H,6,8,10H2,1-3H3,(H2,17,18,19). The monoisotopic (exact) mass is 321 g/mol. The minimum absolute atomic E-state index is 0.371. The summed E-state index contributed by atoms with van der Waals surface area (Å²) in [5, 5.41) is 11.1. The maximum atomic E-state index is 4.29. The molecule has 0 fully saturated rings. The maximum Gasteiger partial charge on any atom is 0.191 e. The average Bonchev–Trinajstić information content (AvgIpc) is 3.09. The van der Waals surface area contributed by atoms with E-state index in [9.17, 15) is 0 Å². The number of rotatable bonds is 6. The third-order valence-corrected chi connectivity index (χ3v) is 4.95. The molecular formula is C16H23N3S2. The minimum atomic E-state index is 0.371. The van der Waals surface area contributed by atoms with Crippen molar-refractivity contribution in [1.29, 1.82) is 0 Å². The zero-order valence-corrected chi connectivity index (χ0v) is 14.5. The summed E-state index contributed by atoms with van der Waals surface area (Å²) in [6.45, 7) is 5.25.